The quantitative estimate of drug-likeness (QED) is 0.788. The van der Waals surface area contributed by atoms with Crippen LogP contribution in [0.15, 0.2) is 18.2 Å². The molecule has 0 spiro atoms. The highest BCUT2D eigenvalue weighted by Crippen LogP contribution is 2.49. The Balaban J connectivity index is 1.57. The second-order valence-corrected chi connectivity index (χ2v) is 7.31. The lowest BCUT2D eigenvalue weighted by Crippen LogP contribution is -2.20. The van der Waals surface area contributed by atoms with Crippen LogP contribution < -0.4 is 5.32 Å². The lowest BCUT2D eigenvalue weighted by atomic mass is 9.86. The minimum Gasteiger partial charge on any atom is -0.326 e. The maximum absolute atomic E-state index is 12.1. The summed E-state index contributed by atoms with van der Waals surface area (Å²) in [6, 6.07) is 6.11. The molecule has 0 aliphatic heterocycles. The van der Waals surface area contributed by atoms with E-state index in [2.05, 4.69) is 47.0 Å². The first-order valence-corrected chi connectivity index (χ1v) is 8.25. The van der Waals surface area contributed by atoms with Gasteiger partial charge < -0.3 is 5.32 Å². The number of aryl methyl sites for hydroxylation is 1. The molecule has 0 aromatic heterocycles. The molecule has 2 fully saturated rings. The second-order valence-electron chi connectivity index (χ2n) is 6.15. The number of rotatable bonds is 3. The first kappa shape index (κ1) is 13.4. The molecule has 0 saturated heterocycles. The largest absolute Gasteiger partial charge is 0.326 e. The lowest BCUT2D eigenvalue weighted by Gasteiger charge is -2.21. The zero-order valence-electron chi connectivity index (χ0n) is 11.3. The average molecular weight is 369 g/mol. The van der Waals surface area contributed by atoms with Gasteiger partial charge in [0.1, 0.15) is 0 Å². The van der Waals surface area contributed by atoms with E-state index >= 15 is 0 Å². The van der Waals surface area contributed by atoms with Crippen LogP contribution in [0.1, 0.15) is 37.7 Å². The predicted octanol–water partition coefficient (Wildman–Crippen LogP) is 4.36. The van der Waals surface area contributed by atoms with E-state index in [1.807, 2.05) is 6.07 Å². The molecule has 2 saturated carbocycles. The number of hydrogen-bond acceptors (Lipinski definition) is 1. The van der Waals surface area contributed by atoms with Crippen molar-refractivity contribution < 1.29 is 4.79 Å². The summed E-state index contributed by atoms with van der Waals surface area (Å²) in [6.45, 7) is 2.09. The molecule has 1 aromatic carbocycles. The summed E-state index contributed by atoms with van der Waals surface area (Å²) >= 11 is 2.31. The predicted molar refractivity (Wildman–Crippen MR) is 86.1 cm³/mol. The molecular weight excluding hydrogens is 349 g/mol. The second kappa shape index (κ2) is 5.43. The Hall–Kier alpha value is -0.580. The molecule has 3 rings (SSSR count). The van der Waals surface area contributed by atoms with Gasteiger partial charge >= 0.3 is 0 Å². The minimum absolute atomic E-state index is 0.192. The van der Waals surface area contributed by atoms with E-state index in [9.17, 15) is 4.79 Å². The van der Waals surface area contributed by atoms with Crippen LogP contribution in [0.2, 0.25) is 0 Å². The molecule has 0 radical (unpaired) electrons. The fourth-order valence-electron chi connectivity index (χ4n) is 3.75. The van der Waals surface area contributed by atoms with E-state index in [1.165, 1.54) is 34.8 Å². The number of halogens is 1. The van der Waals surface area contributed by atoms with Gasteiger partial charge in [0.05, 0.1) is 0 Å². The van der Waals surface area contributed by atoms with Crippen LogP contribution in [0, 0.1) is 28.2 Å². The van der Waals surface area contributed by atoms with Crippen molar-refractivity contribution in [2.75, 3.05) is 5.32 Å². The molecule has 3 unspecified atom stereocenters. The van der Waals surface area contributed by atoms with Gasteiger partial charge in [-0.3, -0.25) is 4.79 Å². The van der Waals surface area contributed by atoms with Crippen LogP contribution >= 0.6 is 22.6 Å². The molecule has 1 N–H and O–H groups in total. The molecule has 3 heteroatoms. The number of carbonyl (C=O) groups is 1. The number of hydrogen-bond donors (Lipinski definition) is 1. The number of anilines is 1. The Morgan fingerprint density at radius 1 is 1.37 bits per heavy atom. The SMILES string of the molecule is Cc1ccc(NC(=O)CC2CC3CCC2C3)cc1I. The highest BCUT2D eigenvalue weighted by atomic mass is 127. The third kappa shape index (κ3) is 2.96. The number of nitrogens with one attached hydrogen (secondary N) is 1. The zero-order chi connectivity index (χ0) is 13.4. The van der Waals surface area contributed by atoms with Gasteiger partial charge in [-0.25, -0.2) is 0 Å². The summed E-state index contributed by atoms with van der Waals surface area (Å²) < 4.78 is 1.20. The van der Waals surface area contributed by atoms with Crippen molar-refractivity contribution in [2.24, 2.45) is 17.8 Å². The van der Waals surface area contributed by atoms with Gasteiger partial charge in [-0.05, 0) is 84.2 Å². The average Bonchev–Trinajstić information content (AvgIpc) is 2.96. The van der Waals surface area contributed by atoms with Gasteiger partial charge in [0, 0.05) is 15.7 Å². The lowest BCUT2D eigenvalue weighted by molar-refractivity contribution is -0.117. The topological polar surface area (TPSA) is 29.1 Å². The van der Waals surface area contributed by atoms with Crippen molar-refractivity contribution in [1.29, 1.82) is 0 Å². The molecule has 2 bridgehead atoms. The molecule has 102 valence electrons. The van der Waals surface area contributed by atoms with Crippen molar-refractivity contribution in [2.45, 2.75) is 39.0 Å². The Morgan fingerprint density at radius 2 is 2.21 bits per heavy atom. The molecule has 2 aliphatic rings. The molecule has 3 atom stereocenters. The maximum atomic E-state index is 12.1. The van der Waals surface area contributed by atoms with E-state index in [-0.39, 0.29) is 5.91 Å². The van der Waals surface area contributed by atoms with Crippen molar-refractivity contribution in [3.8, 4) is 0 Å². The third-order valence-electron chi connectivity index (χ3n) is 4.79. The van der Waals surface area contributed by atoms with Crippen molar-refractivity contribution in [3.05, 3.63) is 27.3 Å². The fourth-order valence-corrected chi connectivity index (χ4v) is 4.26. The van der Waals surface area contributed by atoms with Crippen LogP contribution in [-0.4, -0.2) is 5.91 Å². The van der Waals surface area contributed by atoms with Crippen LogP contribution in [0.25, 0.3) is 0 Å². The van der Waals surface area contributed by atoms with Gasteiger partial charge in [0.15, 0.2) is 0 Å². The first-order valence-electron chi connectivity index (χ1n) is 7.18. The number of fused-ring (bicyclic) bond motifs is 2. The van der Waals surface area contributed by atoms with E-state index in [1.54, 1.807) is 0 Å². The smallest absolute Gasteiger partial charge is 0.224 e. The maximum Gasteiger partial charge on any atom is 0.224 e. The Kier molecular flexibility index (Phi) is 3.83. The Labute approximate surface area is 128 Å². The summed E-state index contributed by atoms with van der Waals surface area (Å²) in [5.74, 6) is 2.58. The summed E-state index contributed by atoms with van der Waals surface area (Å²) in [6.07, 6.45) is 6.12. The summed E-state index contributed by atoms with van der Waals surface area (Å²) in [5, 5.41) is 3.05. The monoisotopic (exact) mass is 369 g/mol. The van der Waals surface area contributed by atoms with E-state index in [0.717, 1.165) is 17.5 Å². The highest BCUT2D eigenvalue weighted by Gasteiger charge is 2.40. The van der Waals surface area contributed by atoms with Crippen LogP contribution in [0.3, 0.4) is 0 Å². The highest BCUT2D eigenvalue weighted by molar-refractivity contribution is 14.1. The summed E-state index contributed by atoms with van der Waals surface area (Å²) in [5.41, 5.74) is 2.19. The minimum atomic E-state index is 0.192. The van der Waals surface area contributed by atoms with Gasteiger partial charge in [0.25, 0.3) is 0 Å². The van der Waals surface area contributed by atoms with Crippen LogP contribution in [-0.2, 0) is 4.79 Å². The van der Waals surface area contributed by atoms with E-state index < -0.39 is 0 Å². The summed E-state index contributed by atoms with van der Waals surface area (Å²) in [7, 11) is 0. The molecule has 1 amide bonds. The van der Waals surface area contributed by atoms with Crippen LogP contribution in [0.4, 0.5) is 5.69 Å². The third-order valence-corrected chi connectivity index (χ3v) is 5.95. The number of amides is 1. The summed E-state index contributed by atoms with van der Waals surface area (Å²) in [4.78, 5) is 12.1. The standard InChI is InChI=1S/C16H20INO/c1-10-2-5-14(9-15(10)17)18-16(19)8-13-7-11-3-4-12(13)6-11/h2,5,9,11-13H,3-4,6-8H2,1H3,(H,18,19). The van der Waals surface area contributed by atoms with Crippen molar-refractivity contribution >= 4 is 34.2 Å². The van der Waals surface area contributed by atoms with Crippen molar-refractivity contribution in [1.82, 2.24) is 0 Å². The van der Waals surface area contributed by atoms with Crippen molar-refractivity contribution in [3.63, 3.8) is 0 Å². The van der Waals surface area contributed by atoms with Gasteiger partial charge in [-0.1, -0.05) is 12.5 Å². The van der Waals surface area contributed by atoms with E-state index in [4.69, 9.17) is 0 Å². The molecular formula is C16H20INO. The Morgan fingerprint density at radius 3 is 2.84 bits per heavy atom. The van der Waals surface area contributed by atoms with E-state index in [0.29, 0.717) is 12.3 Å². The molecule has 2 aliphatic carbocycles. The molecule has 0 heterocycles. The molecule has 2 nitrogen and oxygen atoms in total. The molecule has 19 heavy (non-hydrogen) atoms. The normalized spacial score (nSPS) is 28.6. The fraction of sp³-hybridized carbons (Fsp3) is 0.562. The Bertz CT molecular complexity index is 500. The zero-order valence-corrected chi connectivity index (χ0v) is 13.4. The van der Waals surface area contributed by atoms with Gasteiger partial charge in [-0.2, -0.15) is 0 Å². The number of benzene rings is 1. The molecule has 1 aromatic rings. The van der Waals surface area contributed by atoms with Gasteiger partial charge in [0.2, 0.25) is 5.91 Å². The van der Waals surface area contributed by atoms with Crippen LogP contribution in [0.5, 0.6) is 0 Å². The number of carbonyl (C=O) groups excluding carboxylic acids is 1. The first-order chi connectivity index (χ1) is 9.11. The van der Waals surface area contributed by atoms with Gasteiger partial charge in [-0.15, -0.1) is 0 Å².